The summed E-state index contributed by atoms with van der Waals surface area (Å²) in [4.78, 5) is 18.7. The number of nitrogens with zero attached hydrogens (tertiary/aromatic N) is 6. The summed E-state index contributed by atoms with van der Waals surface area (Å²) in [5.41, 5.74) is 1.60. The number of hydrogen-bond donors (Lipinski definition) is 0. The van der Waals surface area contributed by atoms with E-state index in [1.54, 1.807) is 50.1 Å². The van der Waals surface area contributed by atoms with Crippen molar-refractivity contribution in [1.82, 2.24) is 29.1 Å². The van der Waals surface area contributed by atoms with E-state index in [-0.39, 0.29) is 42.1 Å². The number of aromatic nitrogens is 4. The molecule has 0 spiro atoms. The molecule has 0 radical (unpaired) electrons. The Morgan fingerprint density at radius 1 is 1.10 bits per heavy atom. The highest BCUT2D eigenvalue weighted by Crippen LogP contribution is 2.28. The van der Waals surface area contributed by atoms with Gasteiger partial charge in [0.05, 0.1) is 5.69 Å². The molecule has 31 heavy (non-hydrogen) atoms. The third-order valence-corrected chi connectivity index (χ3v) is 7.74. The second-order valence-corrected chi connectivity index (χ2v) is 9.47. The topological polar surface area (TPSA) is 114 Å². The zero-order valence-electron chi connectivity index (χ0n) is 17.2. The Morgan fingerprint density at radius 3 is 2.26 bits per heavy atom. The summed E-state index contributed by atoms with van der Waals surface area (Å²) in [5.74, 6) is 0.758. The Balaban J connectivity index is 1.44. The smallest absolute Gasteiger partial charge is 0.253 e. The third-order valence-electron chi connectivity index (χ3n) is 5.14. The van der Waals surface area contributed by atoms with E-state index in [1.807, 2.05) is 0 Å². The maximum atomic E-state index is 13.0. The van der Waals surface area contributed by atoms with Gasteiger partial charge in [-0.3, -0.25) is 9.48 Å². The van der Waals surface area contributed by atoms with E-state index in [9.17, 15) is 13.2 Å². The molecular formula is C19H21ClN6O4S. The van der Waals surface area contributed by atoms with Gasteiger partial charge in [0.15, 0.2) is 0 Å². The summed E-state index contributed by atoms with van der Waals surface area (Å²) in [6, 6.07) is 6.91. The molecule has 0 atom stereocenters. The normalized spacial score (nSPS) is 15.4. The fourth-order valence-electron chi connectivity index (χ4n) is 3.53. The molecule has 1 amide bonds. The third kappa shape index (κ3) is 3.95. The van der Waals surface area contributed by atoms with Crippen LogP contribution in [0.2, 0.25) is 5.15 Å². The fourth-order valence-corrected chi connectivity index (χ4v) is 5.65. The molecule has 1 saturated heterocycles. The quantitative estimate of drug-likeness (QED) is 0.579. The van der Waals surface area contributed by atoms with Crippen molar-refractivity contribution in [2.75, 3.05) is 26.2 Å². The molecule has 1 aliphatic rings. The van der Waals surface area contributed by atoms with Gasteiger partial charge in [0.2, 0.25) is 21.7 Å². The predicted octanol–water partition coefficient (Wildman–Crippen LogP) is 1.89. The molecule has 2 aromatic heterocycles. The molecule has 3 heterocycles. The summed E-state index contributed by atoms with van der Waals surface area (Å²) in [5, 5.41) is 8.02. The Morgan fingerprint density at radius 2 is 1.74 bits per heavy atom. The molecule has 10 nitrogen and oxygen atoms in total. The molecule has 12 heteroatoms. The zero-order valence-corrected chi connectivity index (χ0v) is 18.8. The van der Waals surface area contributed by atoms with Gasteiger partial charge in [-0.2, -0.15) is 14.4 Å². The number of amides is 1. The van der Waals surface area contributed by atoms with Crippen molar-refractivity contribution in [1.29, 1.82) is 0 Å². The molecule has 0 aliphatic carbocycles. The number of carbonyl (C=O) groups excluding carboxylic acids is 1. The highest BCUT2D eigenvalue weighted by atomic mass is 35.5. The highest BCUT2D eigenvalue weighted by molar-refractivity contribution is 7.89. The minimum atomic E-state index is -3.79. The Kier molecular flexibility index (Phi) is 5.58. The number of hydrogen-bond acceptors (Lipinski definition) is 7. The number of benzene rings is 1. The lowest BCUT2D eigenvalue weighted by Crippen LogP contribution is -2.50. The Bertz CT molecular complexity index is 1230. The summed E-state index contributed by atoms with van der Waals surface area (Å²) < 4.78 is 33.7. The van der Waals surface area contributed by atoms with Crippen LogP contribution in [0.5, 0.6) is 0 Å². The van der Waals surface area contributed by atoms with Gasteiger partial charge in [-0.25, -0.2) is 8.42 Å². The van der Waals surface area contributed by atoms with E-state index in [0.29, 0.717) is 23.0 Å². The van der Waals surface area contributed by atoms with Gasteiger partial charge < -0.3 is 9.42 Å². The molecule has 3 aromatic rings. The van der Waals surface area contributed by atoms with Gasteiger partial charge in [-0.1, -0.05) is 28.9 Å². The van der Waals surface area contributed by atoms with Crippen LogP contribution in [0.3, 0.4) is 0 Å². The van der Waals surface area contributed by atoms with E-state index in [2.05, 4.69) is 15.2 Å². The van der Waals surface area contributed by atoms with Crippen LogP contribution in [-0.2, 0) is 17.1 Å². The van der Waals surface area contributed by atoms with Crippen molar-refractivity contribution in [3.63, 3.8) is 0 Å². The van der Waals surface area contributed by atoms with Crippen LogP contribution in [-0.4, -0.2) is 69.6 Å². The molecule has 4 rings (SSSR count). The SMILES string of the molecule is Cc1nc(-c2ccc(C(=O)N3CCN(S(=O)(=O)c4c(C)nn(C)c4Cl)CC3)cc2)no1. The number of sulfonamides is 1. The summed E-state index contributed by atoms with van der Waals surface area (Å²) in [6.45, 7) is 4.23. The highest BCUT2D eigenvalue weighted by Gasteiger charge is 2.34. The molecule has 0 N–H and O–H groups in total. The maximum absolute atomic E-state index is 13.0. The molecule has 0 bridgehead atoms. The first-order valence-electron chi connectivity index (χ1n) is 9.57. The predicted molar refractivity (Wildman–Crippen MR) is 112 cm³/mol. The van der Waals surface area contributed by atoms with Gasteiger partial charge in [-0.15, -0.1) is 0 Å². The van der Waals surface area contributed by atoms with Gasteiger partial charge in [0.25, 0.3) is 5.91 Å². The summed E-state index contributed by atoms with van der Waals surface area (Å²) >= 11 is 6.15. The van der Waals surface area contributed by atoms with Crippen molar-refractivity contribution < 1.29 is 17.7 Å². The van der Waals surface area contributed by atoms with Crippen LogP contribution in [0.1, 0.15) is 21.9 Å². The van der Waals surface area contributed by atoms with Crippen LogP contribution in [0.25, 0.3) is 11.4 Å². The summed E-state index contributed by atoms with van der Waals surface area (Å²) in [7, 11) is -2.20. The van der Waals surface area contributed by atoms with E-state index in [1.165, 1.54) is 8.99 Å². The van der Waals surface area contributed by atoms with Crippen LogP contribution >= 0.6 is 11.6 Å². The van der Waals surface area contributed by atoms with E-state index < -0.39 is 10.0 Å². The second kappa shape index (κ2) is 8.06. The van der Waals surface area contributed by atoms with Crippen molar-refractivity contribution in [3.8, 4) is 11.4 Å². The Labute approximate surface area is 184 Å². The molecular weight excluding hydrogens is 444 g/mol. The van der Waals surface area contributed by atoms with Gasteiger partial charge in [-0.05, 0) is 19.1 Å². The fraction of sp³-hybridized carbons (Fsp3) is 0.368. The molecule has 0 saturated carbocycles. The number of aryl methyl sites for hydroxylation is 3. The molecule has 164 valence electrons. The summed E-state index contributed by atoms with van der Waals surface area (Å²) in [6.07, 6.45) is 0. The lowest BCUT2D eigenvalue weighted by molar-refractivity contribution is 0.0698. The van der Waals surface area contributed by atoms with Crippen molar-refractivity contribution in [2.45, 2.75) is 18.7 Å². The maximum Gasteiger partial charge on any atom is 0.253 e. The molecule has 0 unspecified atom stereocenters. The zero-order chi connectivity index (χ0) is 22.3. The van der Waals surface area contributed by atoms with Crippen LogP contribution in [0, 0.1) is 13.8 Å². The lowest BCUT2D eigenvalue weighted by atomic mass is 10.1. The minimum absolute atomic E-state index is 0.0173. The van der Waals surface area contributed by atoms with Crippen LogP contribution < -0.4 is 0 Å². The first-order chi connectivity index (χ1) is 14.7. The number of rotatable bonds is 4. The van der Waals surface area contributed by atoms with E-state index >= 15 is 0 Å². The number of halogens is 1. The largest absolute Gasteiger partial charge is 0.339 e. The minimum Gasteiger partial charge on any atom is -0.339 e. The van der Waals surface area contributed by atoms with Crippen LogP contribution in [0.15, 0.2) is 33.7 Å². The van der Waals surface area contributed by atoms with Gasteiger partial charge in [0, 0.05) is 51.3 Å². The van der Waals surface area contributed by atoms with Gasteiger partial charge >= 0.3 is 0 Å². The number of piperazine rings is 1. The van der Waals surface area contributed by atoms with E-state index in [0.717, 1.165) is 5.56 Å². The van der Waals surface area contributed by atoms with Crippen molar-refractivity contribution in [2.24, 2.45) is 7.05 Å². The molecule has 1 aromatic carbocycles. The standard InChI is InChI=1S/C19H21ClN6O4S/c1-12-16(17(20)24(3)22-12)31(28,29)26-10-8-25(9-11-26)19(27)15-6-4-14(5-7-15)18-21-13(2)30-23-18/h4-7H,8-11H2,1-3H3. The first kappa shape index (κ1) is 21.5. The monoisotopic (exact) mass is 464 g/mol. The van der Waals surface area contributed by atoms with E-state index in [4.69, 9.17) is 16.1 Å². The van der Waals surface area contributed by atoms with Crippen molar-refractivity contribution in [3.05, 3.63) is 46.6 Å². The Hall–Kier alpha value is -2.76. The molecule has 1 aliphatic heterocycles. The average Bonchev–Trinajstić information content (AvgIpc) is 3.30. The number of carbonyl (C=O) groups is 1. The second-order valence-electron chi connectivity index (χ2n) is 7.24. The van der Waals surface area contributed by atoms with Gasteiger partial charge in [0.1, 0.15) is 10.0 Å². The average molecular weight is 465 g/mol. The first-order valence-corrected chi connectivity index (χ1v) is 11.4. The van der Waals surface area contributed by atoms with Crippen LogP contribution in [0.4, 0.5) is 0 Å². The van der Waals surface area contributed by atoms with Crippen molar-refractivity contribution >= 4 is 27.5 Å². The molecule has 1 fully saturated rings. The lowest BCUT2D eigenvalue weighted by Gasteiger charge is -2.34.